The van der Waals surface area contributed by atoms with E-state index in [9.17, 15) is 4.79 Å². The number of allylic oxidation sites excluding steroid dienone is 2. The van der Waals surface area contributed by atoms with E-state index in [0.717, 1.165) is 30.6 Å². The molecule has 1 aromatic carbocycles. The molecule has 0 bridgehead atoms. The minimum atomic E-state index is -0.299. The lowest BCUT2D eigenvalue weighted by Crippen LogP contribution is -2.60. The van der Waals surface area contributed by atoms with Gasteiger partial charge in [-0.2, -0.15) is 0 Å². The third-order valence-corrected chi connectivity index (χ3v) is 3.98. The van der Waals surface area contributed by atoms with Gasteiger partial charge in [0.1, 0.15) is 11.9 Å². The van der Waals surface area contributed by atoms with Gasteiger partial charge in [-0.3, -0.25) is 9.28 Å². The normalized spacial score (nSPS) is 25.3. The maximum Gasteiger partial charge on any atom is 0.281 e. The Morgan fingerprint density at radius 3 is 2.50 bits per heavy atom. The van der Waals surface area contributed by atoms with Crippen molar-refractivity contribution in [1.29, 1.82) is 0 Å². The van der Waals surface area contributed by atoms with Gasteiger partial charge in [0.2, 0.25) is 0 Å². The van der Waals surface area contributed by atoms with Crippen LogP contribution in [0.2, 0.25) is 0 Å². The molecule has 1 aromatic rings. The summed E-state index contributed by atoms with van der Waals surface area (Å²) in [6.45, 7) is 5.08. The minimum absolute atomic E-state index is 0.250. The molecule has 0 spiro atoms. The molecule has 0 saturated carbocycles. The van der Waals surface area contributed by atoms with Gasteiger partial charge < -0.3 is 5.73 Å². The first-order valence-corrected chi connectivity index (χ1v) is 7.26. The monoisotopic (exact) mass is 271 g/mol. The van der Waals surface area contributed by atoms with Gasteiger partial charge in [0.05, 0.1) is 6.54 Å². The standard InChI is InChI=1S/C17H22N2O/c1-3-12-19(15-10-6-5-7-11-15)13-8-9-14(4-2)16(19)17(18)20/h5-11,13,16H,3-4,12H2,1-2H3,(H-,18,20)/p+1. The number of rotatable bonds is 5. The maximum absolute atomic E-state index is 12.1. The van der Waals surface area contributed by atoms with Crippen molar-refractivity contribution in [2.75, 3.05) is 6.54 Å². The number of hydrogen-bond donors (Lipinski definition) is 1. The highest BCUT2D eigenvalue weighted by atomic mass is 16.1. The largest absolute Gasteiger partial charge is 0.364 e. The lowest BCUT2D eigenvalue weighted by Gasteiger charge is -2.42. The molecule has 0 radical (unpaired) electrons. The molecule has 3 heteroatoms. The molecule has 2 N–H and O–H groups in total. The van der Waals surface area contributed by atoms with Crippen molar-refractivity contribution in [2.45, 2.75) is 32.7 Å². The van der Waals surface area contributed by atoms with Crippen LogP contribution < -0.4 is 10.2 Å². The molecule has 106 valence electrons. The topological polar surface area (TPSA) is 43.1 Å². The van der Waals surface area contributed by atoms with E-state index in [-0.39, 0.29) is 11.9 Å². The van der Waals surface area contributed by atoms with Crippen LogP contribution in [0.4, 0.5) is 5.69 Å². The summed E-state index contributed by atoms with van der Waals surface area (Å²) in [4.78, 5) is 12.1. The van der Waals surface area contributed by atoms with E-state index >= 15 is 0 Å². The van der Waals surface area contributed by atoms with Crippen LogP contribution in [0.25, 0.3) is 0 Å². The van der Waals surface area contributed by atoms with Crippen LogP contribution in [-0.2, 0) is 4.79 Å². The fraction of sp³-hybridized carbons (Fsp3) is 0.353. The molecule has 1 aliphatic heterocycles. The summed E-state index contributed by atoms with van der Waals surface area (Å²) >= 11 is 0. The molecule has 2 atom stereocenters. The summed E-state index contributed by atoms with van der Waals surface area (Å²) in [6.07, 6.45) is 8.02. The zero-order valence-corrected chi connectivity index (χ0v) is 12.3. The Morgan fingerprint density at radius 1 is 1.25 bits per heavy atom. The van der Waals surface area contributed by atoms with Crippen LogP contribution in [0.1, 0.15) is 26.7 Å². The Labute approximate surface area is 121 Å². The molecule has 0 aromatic heterocycles. The number of carbonyl (C=O) groups excluding carboxylic acids is 1. The Balaban J connectivity index is 2.58. The second-order valence-electron chi connectivity index (χ2n) is 5.23. The van der Waals surface area contributed by atoms with Crippen LogP contribution in [0.3, 0.4) is 0 Å². The first-order valence-electron chi connectivity index (χ1n) is 7.26. The Morgan fingerprint density at radius 2 is 1.95 bits per heavy atom. The molecule has 2 rings (SSSR count). The van der Waals surface area contributed by atoms with E-state index in [2.05, 4.69) is 38.3 Å². The highest BCUT2D eigenvalue weighted by Gasteiger charge is 2.43. The summed E-state index contributed by atoms with van der Waals surface area (Å²) in [6, 6.07) is 9.88. The average Bonchev–Trinajstić information content (AvgIpc) is 2.47. The van der Waals surface area contributed by atoms with Crippen molar-refractivity contribution in [3.8, 4) is 0 Å². The molecule has 1 heterocycles. The zero-order valence-electron chi connectivity index (χ0n) is 12.3. The minimum Gasteiger partial charge on any atom is -0.364 e. The fourth-order valence-corrected chi connectivity index (χ4v) is 3.16. The maximum atomic E-state index is 12.1. The molecule has 1 aliphatic rings. The highest BCUT2D eigenvalue weighted by molar-refractivity contribution is 5.87. The SMILES string of the molecule is CCC[N+]1(c2ccccc2)C=CC=C(CC)C1C(N)=O. The van der Waals surface area contributed by atoms with Crippen molar-refractivity contribution < 1.29 is 4.79 Å². The number of hydrogen-bond acceptors (Lipinski definition) is 1. The summed E-state index contributed by atoms with van der Waals surface area (Å²) in [5.41, 5.74) is 7.97. The zero-order chi connectivity index (χ0) is 14.6. The number of para-hydroxylation sites is 1. The smallest absolute Gasteiger partial charge is 0.281 e. The number of nitrogens with zero attached hydrogens (tertiary/aromatic N) is 1. The molecule has 1 amide bonds. The number of benzene rings is 1. The predicted molar refractivity (Wildman–Crippen MR) is 83.9 cm³/mol. The van der Waals surface area contributed by atoms with E-state index in [0.29, 0.717) is 4.48 Å². The Hall–Kier alpha value is -1.87. The van der Waals surface area contributed by atoms with Gasteiger partial charge in [0.25, 0.3) is 5.91 Å². The Bertz CT molecular complexity index is 533. The summed E-state index contributed by atoms with van der Waals surface area (Å²) in [5.74, 6) is -0.250. The molecular formula is C17H23N2O+. The van der Waals surface area contributed by atoms with Crippen molar-refractivity contribution in [3.63, 3.8) is 0 Å². The molecule has 20 heavy (non-hydrogen) atoms. The van der Waals surface area contributed by atoms with Crippen molar-refractivity contribution >= 4 is 11.6 Å². The molecule has 2 unspecified atom stereocenters. The van der Waals surface area contributed by atoms with E-state index in [1.807, 2.05) is 24.3 Å². The van der Waals surface area contributed by atoms with Crippen molar-refractivity contribution in [1.82, 2.24) is 4.48 Å². The van der Waals surface area contributed by atoms with E-state index in [1.54, 1.807) is 0 Å². The van der Waals surface area contributed by atoms with Gasteiger partial charge in [-0.1, -0.05) is 38.1 Å². The number of amides is 1. The van der Waals surface area contributed by atoms with Gasteiger partial charge in [0.15, 0.2) is 6.04 Å². The molecule has 0 aliphatic carbocycles. The number of nitrogens with two attached hydrogens (primary N) is 1. The Kier molecular flexibility index (Phi) is 4.40. The lowest BCUT2D eigenvalue weighted by atomic mass is 9.95. The lowest BCUT2D eigenvalue weighted by molar-refractivity contribution is -0.121. The molecule has 0 saturated heterocycles. The number of primary amides is 1. The average molecular weight is 271 g/mol. The molecule has 3 nitrogen and oxygen atoms in total. The molecular weight excluding hydrogens is 248 g/mol. The predicted octanol–water partition coefficient (Wildman–Crippen LogP) is 3.12. The third kappa shape index (κ3) is 2.41. The van der Waals surface area contributed by atoms with E-state index in [4.69, 9.17) is 5.73 Å². The van der Waals surface area contributed by atoms with Gasteiger partial charge in [-0.15, -0.1) is 0 Å². The van der Waals surface area contributed by atoms with E-state index in [1.165, 1.54) is 0 Å². The third-order valence-electron chi connectivity index (χ3n) is 3.98. The quantitative estimate of drug-likeness (QED) is 0.821. The number of carbonyl (C=O) groups is 1. The first-order chi connectivity index (χ1) is 9.65. The second-order valence-corrected chi connectivity index (χ2v) is 5.23. The van der Waals surface area contributed by atoms with E-state index < -0.39 is 0 Å². The first kappa shape index (κ1) is 14.5. The summed E-state index contributed by atoms with van der Waals surface area (Å²) in [7, 11) is 0. The van der Waals surface area contributed by atoms with Gasteiger partial charge in [-0.25, -0.2) is 0 Å². The van der Waals surface area contributed by atoms with Crippen molar-refractivity contribution in [2.24, 2.45) is 5.73 Å². The molecule has 0 fully saturated rings. The number of quaternary nitrogens is 1. The van der Waals surface area contributed by atoms with Crippen LogP contribution in [-0.4, -0.2) is 18.5 Å². The second kappa shape index (κ2) is 6.06. The van der Waals surface area contributed by atoms with Crippen LogP contribution in [0.15, 0.2) is 54.3 Å². The highest BCUT2D eigenvalue weighted by Crippen LogP contribution is 2.34. The van der Waals surface area contributed by atoms with Crippen molar-refractivity contribution in [3.05, 3.63) is 54.3 Å². The van der Waals surface area contributed by atoms with Crippen LogP contribution in [0, 0.1) is 0 Å². The van der Waals surface area contributed by atoms with Gasteiger partial charge in [0, 0.05) is 0 Å². The van der Waals surface area contributed by atoms with Gasteiger partial charge >= 0.3 is 0 Å². The van der Waals surface area contributed by atoms with Crippen LogP contribution >= 0.6 is 0 Å². The van der Waals surface area contributed by atoms with Crippen LogP contribution in [0.5, 0.6) is 0 Å². The summed E-state index contributed by atoms with van der Waals surface area (Å²) in [5, 5.41) is 0. The fourth-order valence-electron chi connectivity index (χ4n) is 3.16. The summed E-state index contributed by atoms with van der Waals surface area (Å²) < 4.78 is 0.506. The van der Waals surface area contributed by atoms with Gasteiger partial charge in [-0.05, 0) is 36.6 Å².